The summed E-state index contributed by atoms with van der Waals surface area (Å²) < 4.78 is 40.6. The van der Waals surface area contributed by atoms with Crippen molar-refractivity contribution in [1.29, 1.82) is 0 Å². The fourth-order valence-corrected chi connectivity index (χ4v) is 3.76. The first kappa shape index (κ1) is 21.9. The first-order valence-electron chi connectivity index (χ1n) is 9.35. The first-order chi connectivity index (χ1) is 15.3. The zero-order valence-electron chi connectivity index (χ0n) is 16.3. The molecule has 0 aliphatic heterocycles. The predicted molar refractivity (Wildman–Crippen MR) is 117 cm³/mol. The Kier molecular flexibility index (Phi) is 6.21. The maximum atomic E-state index is 14.1. The molecular weight excluding hydrogens is 463 g/mol. The minimum absolute atomic E-state index is 0.0401. The number of carboxylic acid groups (broad SMARTS) is 1. The number of halogens is 4. The van der Waals surface area contributed by atoms with Gasteiger partial charge < -0.3 is 19.1 Å². The van der Waals surface area contributed by atoms with Crippen LogP contribution in [0.5, 0.6) is 11.5 Å². The van der Waals surface area contributed by atoms with E-state index in [1.807, 2.05) is 10.6 Å². The molecule has 164 valence electrons. The average Bonchev–Trinajstić information content (AvgIpc) is 3.12. The van der Waals surface area contributed by atoms with E-state index in [0.29, 0.717) is 28.3 Å². The Morgan fingerprint density at radius 1 is 0.969 bits per heavy atom. The van der Waals surface area contributed by atoms with Crippen molar-refractivity contribution in [2.75, 3.05) is 0 Å². The molecule has 0 saturated carbocycles. The molecule has 0 atom stereocenters. The molecule has 0 saturated heterocycles. The van der Waals surface area contributed by atoms with Crippen molar-refractivity contribution in [2.45, 2.75) is 13.2 Å². The molecule has 0 aliphatic carbocycles. The summed E-state index contributed by atoms with van der Waals surface area (Å²) in [4.78, 5) is 10.9. The Bertz CT molecular complexity index is 1300. The van der Waals surface area contributed by atoms with Crippen molar-refractivity contribution < 1.29 is 28.2 Å². The number of rotatable bonds is 6. The highest BCUT2D eigenvalue weighted by atomic mass is 35.5. The van der Waals surface area contributed by atoms with Gasteiger partial charge in [0.2, 0.25) is 0 Å². The van der Waals surface area contributed by atoms with E-state index in [-0.39, 0.29) is 22.9 Å². The number of ether oxygens (including phenoxy) is 2. The largest absolute Gasteiger partial charge is 0.511 e. The molecule has 4 aromatic rings. The second-order valence-electron chi connectivity index (χ2n) is 6.89. The van der Waals surface area contributed by atoms with Crippen molar-refractivity contribution in [3.63, 3.8) is 0 Å². The average molecular weight is 478 g/mol. The summed E-state index contributed by atoms with van der Waals surface area (Å²) in [5.74, 6) is -0.992. The number of fused-ring (bicyclic) bond motifs is 1. The summed E-state index contributed by atoms with van der Waals surface area (Å²) in [6.45, 7) is -0.0337. The number of hydrogen-bond acceptors (Lipinski definition) is 3. The number of carbonyl (C=O) groups is 1. The van der Waals surface area contributed by atoms with Gasteiger partial charge in [0.1, 0.15) is 29.7 Å². The van der Waals surface area contributed by atoms with E-state index < -0.39 is 17.8 Å². The van der Waals surface area contributed by atoms with Gasteiger partial charge in [-0.3, -0.25) is 0 Å². The molecule has 0 spiro atoms. The minimum atomic E-state index is -1.41. The standard InChI is InChI=1S/C23H15Cl2F2NO4/c24-14-4-5-21(31-12-17-18(26)9-15(25)10-19(17)27)13(8-14)11-28-7-6-16-20(28)2-1-3-22(16)32-23(29)30/h1-10H,11-12H2,(H,29,30). The van der Waals surface area contributed by atoms with Crippen molar-refractivity contribution >= 4 is 40.3 Å². The molecule has 1 aromatic heterocycles. The number of hydrogen-bond donors (Lipinski definition) is 1. The van der Waals surface area contributed by atoms with Crippen molar-refractivity contribution in [1.82, 2.24) is 4.57 Å². The lowest BCUT2D eigenvalue weighted by atomic mass is 10.1. The fraction of sp³-hybridized carbons (Fsp3) is 0.0870. The summed E-state index contributed by atoms with van der Waals surface area (Å²) in [7, 11) is 0. The fourth-order valence-electron chi connectivity index (χ4n) is 3.37. The van der Waals surface area contributed by atoms with Gasteiger partial charge in [-0.1, -0.05) is 29.3 Å². The van der Waals surface area contributed by atoms with Gasteiger partial charge in [-0.05, 0) is 48.5 Å². The second-order valence-corrected chi connectivity index (χ2v) is 7.76. The van der Waals surface area contributed by atoms with Crippen molar-refractivity contribution in [3.05, 3.63) is 93.6 Å². The van der Waals surface area contributed by atoms with Crippen LogP contribution in [-0.4, -0.2) is 15.8 Å². The van der Waals surface area contributed by atoms with E-state index in [9.17, 15) is 13.6 Å². The van der Waals surface area contributed by atoms with Crippen LogP contribution in [0.1, 0.15) is 11.1 Å². The monoisotopic (exact) mass is 477 g/mol. The van der Waals surface area contributed by atoms with Crippen LogP contribution < -0.4 is 9.47 Å². The van der Waals surface area contributed by atoms with Gasteiger partial charge in [0.25, 0.3) is 0 Å². The molecule has 0 aliphatic rings. The van der Waals surface area contributed by atoms with Crippen LogP contribution in [0.3, 0.4) is 0 Å². The van der Waals surface area contributed by atoms with Crippen LogP contribution in [-0.2, 0) is 13.2 Å². The van der Waals surface area contributed by atoms with Gasteiger partial charge >= 0.3 is 6.16 Å². The first-order valence-corrected chi connectivity index (χ1v) is 10.1. The molecule has 0 fully saturated rings. The van der Waals surface area contributed by atoms with Crippen LogP contribution in [0.15, 0.2) is 60.8 Å². The van der Waals surface area contributed by atoms with Gasteiger partial charge in [0.15, 0.2) is 0 Å². The third-order valence-electron chi connectivity index (χ3n) is 4.81. The quantitative estimate of drug-likeness (QED) is 0.242. The van der Waals surface area contributed by atoms with Crippen LogP contribution in [0, 0.1) is 11.6 Å². The van der Waals surface area contributed by atoms with Crippen LogP contribution >= 0.6 is 23.2 Å². The van der Waals surface area contributed by atoms with Crippen LogP contribution in [0.4, 0.5) is 13.6 Å². The smallest absolute Gasteiger partial charge is 0.488 e. The molecule has 5 nitrogen and oxygen atoms in total. The SMILES string of the molecule is O=C(O)Oc1cccc2c1ccn2Cc1cc(Cl)ccc1OCc1c(F)cc(Cl)cc1F. The highest BCUT2D eigenvalue weighted by Gasteiger charge is 2.15. The lowest BCUT2D eigenvalue weighted by Gasteiger charge is -2.14. The Morgan fingerprint density at radius 3 is 2.44 bits per heavy atom. The highest BCUT2D eigenvalue weighted by molar-refractivity contribution is 6.30. The molecule has 1 N–H and O–H groups in total. The van der Waals surface area contributed by atoms with Crippen molar-refractivity contribution in [2.24, 2.45) is 0 Å². The van der Waals surface area contributed by atoms with Gasteiger partial charge in [0.05, 0.1) is 17.6 Å². The maximum absolute atomic E-state index is 14.1. The predicted octanol–water partition coefficient (Wildman–Crippen LogP) is 6.91. The lowest BCUT2D eigenvalue weighted by Crippen LogP contribution is -2.06. The molecule has 9 heteroatoms. The maximum Gasteiger partial charge on any atom is 0.511 e. The van der Waals surface area contributed by atoms with E-state index in [2.05, 4.69) is 0 Å². The van der Waals surface area contributed by atoms with Gasteiger partial charge in [-0.15, -0.1) is 0 Å². The third kappa shape index (κ3) is 4.64. The lowest BCUT2D eigenvalue weighted by molar-refractivity contribution is 0.145. The highest BCUT2D eigenvalue weighted by Crippen LogP contribution is 2.30. The summed E-state index contributed by atoms with van der Waals surface area (Å²) >= 11 is 11.8. The van der Waals surface area contributed by atoms with E-state index in [0.717, 1.165) is 17.6 Å². The summed E-state index contributed by atoms with van der Waals surface area (Å²) in [5, 5.41) is 9.96. The molecule has 0 radical (unpaired) electrons. The topological polar surface area (TPSA) is 60.7 Å². The Balaban J connectivity index is 1.63. The molecule has 0 unspecified atom stereocenters. The molecule has 0 amide bonds. The van der Waals surface area contributed by atoms with Crippen molar-refractivity contribution in [3.8, 4) is 11.5 Å². The summed E-state index contributed by atoms with van der Waals surface area (Å²) in [6.07, 6.45) is 0.361. The number of aromatic nitrogens is 1. The summed E-state index contributed by atoms with van der Waals surface area (Å²) in [5.41, 5.74) is 1.15. The third-order valence-corrected chi connectivity index (χ3v) is 5.27. The molecule has 3 aromatic carbocycles. The Labute approximate surface area is 191 Å². The minimum Gasteiger partial charge on any atom is -0.488 e. The second kappa shape index (κ2) is 9.06. The number of nitrogens with zero attached hydrogens (tertiary/aromatic N) is 1. The van der Waals surface area contributed by atoms with Crippen LogP contribution in [0.25, 0.3) is 10.9 Å². The van der Waals surface area contributed by atoms with Gasteiger partial charge in [-0.2, -0.15) is 0 Å². The zero-order chi connectivity index (χ0) is 22.8. The Hall–Kier alpha value is -3.29. The normalized spacial score (nSPS) is 11.0. The number of benzene rings is 3. The summed E-state index contributed by atoms with van der Waals surface area (Å²) in [6, 6.07) is 13.8. The van der Waals surface area contributed by atoms with E-state index in [1.54, 1.807) is 42.6 Å². The molecule has 0 bridgehead atoms. The Morgan fingerprint density at radius 2 is 1.72 bits per heavy atom. The van der Waals surface area contributed by atoms with Crippen LogP contribution in [0.2, 0.25) is 10.0 Å². The molecule has 32 heavy (non-hydrogen) atoms. The molecule has 1 heterocycles. The molecular formula is C23H15Cl2F2NO4. The zero-order valence-corrected chi connectivity index (χ0v) is 17.8. The van der Waals surface area contributed by atoms with Gasteiger partial charge in [0, 0.05) is 27.2 Å². The van der Waals surface area contributed by atoms with E-state index >= 15 is 0 Å². The van der Waals surface area contributed by atoms with E-state index in [1.165, 1.54) is 0 Å². The van der Waals surface area contributed by atoms with Gasteiger partial charge in [-0.25, -0.2) is 13.6 Å². The van der Waals surface area contributed by atoms with E-state index in [4.69, 9.17) is 37.8 Å². The molecule has 4 rings (SSSR count).